The van der Waals surface area contributed by atoms with Gasteiger partial charge in [-0.05, 0) is 63.1 Å². The van der Waals surface area contributed by atoms with Gasteiger partial charge in [-0.2, -0.15) is 0 Å². The first-order chi connectivity index (χ1) is 10.9. The molecule has 1 aliphatic heterocycles. The largest absolute Gasteiger partial charge is 0.376 e. The second-order valence-corrected chi connectivity index (χ2v) is 6.38. The normalized spacial score (nSPS) is 14.6. The summed E-state index contributed by atoms with van der Waals surface area (Å²) in [5, 5.41) is 7.10. The maximum Gasteiger partial charge on any atom is 0.0506 e. The predicted octanol–water partition coefficient (Wildman–Crippen LogP) is 6.37. The average Bonchev–Trinajstić information content (AvgIpc) is 2.51. The van der Waals surface area contributed by atoms with Crippen LogP contribution in [0.1, 0.15) is 45.7 Å². The maximum atomic E-state index is 3.62. The molecule has 3 rings (SSSR count). The third-order valence-corrected chi connectivity index (χ3v) is 3.85. The lowest BCUT2D eigenvalue weighted by atomic mass is 9.89. The lowest BCUT2D eigenvalue weighted by molar-refractivity contribution is 0.706. The van der Waals surface area contributed by atoms with Gasteiger partial charge in [0.15, 0.2) is 0 Å². The lowest BCUT2D eigenvalue weighted by Gasteiger charge is -2.33. The minimum absolute atomic E-state index is 0.0101. The molecule has 0 bridgehead atoms. The minimum Gasteiger partial charge on any atom is -0.376 e. The number of rotatable bonds is 2. The van der Waals surface area contributed by atoms with Crippen molar-refractivity contribution in [2.24, 2.45) is 0 Å². The molecule has 1 heterocycles. The van der Waals surface area contributed by atoms with Gasteiger partial charge in [0.2, 0.25) is 0 Å². The Labute approximate surface area is 140 Å². The van der Waals surface area contributed by atoms with E-state index >= 15 is 0 Å². The Morgan fingerprint density at radius 1 is 0.913 bits per heavy atom. The summed E-state index contributed by atoms with van der Waals surface area (Å²) in [5.41, 5.74) is 7.39. The predicted molar refractivity (Wildman–Crippen MR) is 104 cm³/mol. The van der Waals surface area contributed by atoms with Gasteiger partial charge in [-0.3, -0.25) is 0 Å². The minimum atomic E-state index is 0.0101. The quantitative estimate of drug-likeness (QED) is 0.673. The summed E-state index contributed by atoms with van der Waals surface area (Å²) in [6.45, 7) is 12.8. The zero-order valence-electron chi connectivity index (χ0n) is 15.1. The molecule has 2 aromatic carbocycles. The van der Waals surface area contributed by atoms with E-state index in [-0.39, 0.29) is 5.54 Å². The smallest absolute Gasteiger partial charge is 0.0506 e. The van der Waals surface area contributed by atoms with Crippen LogP contribution in [0.2, 0.25) is 0 Å². The maximum absolute atomic E-state index is 3.62. The van der Waals surface area contributed by atoms with E-state index in [2.05, 4.69) is 68.7 Å². The number of hydrogen-bond acceptors (Lipinski definition) is 2. The topological polar surface area (TPSA) is 24.1 Å². The Morgan fingerprint density at radius 3 is 2.22 bits per heavy atom. The monoisotopic (exact) mass is 308 g/mol. The molecule has 0 spiro atoms. The van der Waals surface area contributed by atoms with Crippen LogP contribution >= 0.6 is 0 Å². The molecule has 0 aliphatic carbocycles. The fourth-order valence-corrected chi connectivity index (χ4v) is 3.00. The second-order valence-electron chi connectivity index (χ2n) is 6.38. The number of aryl methyl sites for hydroxylation is 1. The van der Waals surface area contributed by atoms with Crippen molar-refractivity contribution in [2.45, 2.75) is 47.1 Å². The van der Waals surface area contributed by atoms with Gasteiger partial charge >= 0.3 is 0 Å². The number of allylic oxidation sites excluding steroid dienone is 1. The van der Waals surface area contributed by atoms with Gasteiger partial charge in [-0.25, -0.2) is 0 Å². The molecule has 2 nitrogen and oxygen atoms in total. The van der Waals surface area contributed by atoms with Crippen LogP contribution in [0.4, 0.5) is 17.1 Å². The standard InChI is InChI=1S/C19H22N2.C2H6/c1-13-10-16(20-15-8-6-5-7-9-15)11-17-14(2)12-19(3,4)21-18(13)17;1-2/h5-12,20-21H,1-4H3;1-2H3. The van der Waals surface area contributed by atoms with Gasteiger partial charge in [0.1, 0.15) is 0 Å². The van der Waals surface area contributed by atoms with Crippen LogP contribution in [0, 0.1) is 6.92 Å². The highest BCUT2D eigenvalue weighted by Gasteiger charge is 2.24. The second kappa shape index (κ2) is 6.91. The van der Waals surface area contributed by atoms with E-state index < -0.39 is 0 Å². The number of hydrogen-bond donors (Lipinski definition) is 2. The van der Waals surface area contributed by atoms with E-state index in [1.807, 2.05) is 32.0 Å². The zero-order chi connectivity index (χ0) is 17.0. The van der Waals surface area contributed by atoms with Gasteiger partial charge in [0, 0.05) is 22.6 Å². The molecule has 0 amide bonds. The Hall–Kier alpha value is -2.22. The highest BCUT2D eigenvalue weighted by Crippen LogP contribution is 2.38. The molecular weight excluding hydrogens is 280 g/mol. The summed E-state index contributed by atoms with van der Waals surface area (Å²) in [4.78, 5) is 0. The molecule has 0 atom stereocenters. The molecule has 0 aromatic heterocycles. The van der Waals surface area contributed by atoms with Gasteiger partial charge in [-0.15, -0.1) is 0 Å². The highest BCUT2D eigenvalue weighted by molar-refractivity contribution is 5.85. The summed E-state index contributed by atoms with van der Waals surface area (Å²) in [7, 11) is 0. The molecule has 122 valence electrons. The van der Waals surface area contributed by atoms with E-state index in [1.54, 1.807) is 0 Å². The van der Waals surface area contributed by atoms with Gasteiger partial charge in [0.25, 0.3) is 0 Å². The van der Waals surface area contributed by atoms with Crippen LogP contribution in [0.5, 0.6) is 0 Å². The summed E-state index contributed by atoms with van der Waals surface area (Å²) in [5.74, 6) is 0. The summed E-state index contributed by atoms with van der Waals surface area (Å²) >= 11 is 0. The highest BCUT2D eigenvalue weighted by atomic mass is 15.0. The molecule has 0 radical (unpaired) electrons. The number of nitrogens with one attached hydrogen (secondary N) is 2. The Kier molecular flexibility index (Phi) is 5.15. The van der Waals surface area contributed by atoms with E-state index in [9.17, 15) is 0 Å². The molecule has 2 aromatic rings. The molecule has 0 saturated heterocycles. The van der Waals surface area contributed by atoms with Crippen LogP contribution in [0.3, 0.4) is 0 Å². The number of anilines is 3. The Morgan fingerprint density at radius 2 is 1.57 bits per heavy atom. The third kappa shape index (κ3) is 3.95. The van der Waals surface area contributed by atoms with Crippen LogP contribution in [0.25, 0.3) is 5.57 Å². The zero-order valence-corrected chi connectivity index (χ0v) is 15.1. The van der Waals surface area contributed by atoms with Crippen molar-refractivity contribution in [3.05, 3.63) is 59.7 Å². The molecule has 0 fully saturated rings. The number of fused-ring (bicyclic) bond motifs is 1. The fourth-order valence-electron chi connectivity index (χ4n) is 3.00. The summed E-state index contributed by atoms with van der Waals surface area (Å²) in [6, 6.07) is 14.7. The van der Waals surface area contributed by atoms with Crippen molar-refractivity contribution in [1.82, 2.24) is 0 Å². The van der Waals surface area contributed by atoms with Crippen LogP contribution < -0.4 is 10.6 Å². The average molecular weight is 308 g/mol. The molecule has 0 saturated carbocycles. The van der Waals surface area contributed by atoms with E-state index in [1.165, 1.54) is 22.4 Å². The summed E-state index contributed by atoms with van der Waals surface area (Å²) in [6.07, 6.45) is 2.29. The SMILES string of the molecule is CC.CC1=CC(C)(C)Nc2c(C)cc(Nc3ccccc3)cc21. The molecule has 0 unspecified atom stereocenters. The Balaban J connectivity index is 0.000000924. The third-order valence-electron chi connectivity index (χ3n) is 3.85. The molecule has 2 heteroatoms. The van der Waals surface area contributed by atoms with Crippen molar-refractivity contribution in [1.29, 1.82) is 0 Å². The van der Waals surface area contributed by atoms with Crippen LogP contribution in [0.15, 0.2) is 48.5 Å². The molecule has 23 heavy (non-hydrogen) atoms. The van der Waals surface area contributed by atoms with Gasteiger partial charge < -0.3 is 10.6 Å². The van der Waals surface area contributed by atoms with Crippen LogP contribution in [-0.2, 0) is 0 Å². The van der Waals surface area contributed by atoms with E-state index in [0.717, 1.165) is 11.4 Å². The van der Waals surface area contributed by atoms with Crippen LogP contribution in [-0.4, -0.2) is 5.54 Å². The fraction of sp³-hybridized carbons (Fsp3) is 0.333. The first kappa shape index (κ1) is 17.1. The van der Waals surface area contributed by atoms with Crippen molar-refractivity contribution in [2.75, 3.05) is 10.6 Å². The van der Waals surface area contributed by atoms with Crippen molar-refractivity contribution in [3.63, 3.8) is 0 Å². The molecule has 2 N–H and O–H groups in total. The van der Waals surface area contributed by atoms with Crippen molar-refractivity contribution < 1.29 is 0 Å². The van der Waals surface area contributed by atoms with Gasteiger partial charge in [0.05, 0.1) is 5.54 Å². The summed E-state index contributed by atoms with van der Waals surface area (Å²) < 4.78 is 0. The molecular formula is C21H28N2. The van der Waals surface area contributed by atoms with E-state index in [4.69, 9.17) is 0 Å². The number of benzene rings is 2. The number of para-hydroxylation sites is 1. The Bertz CT molecular complexity index is 697. The first-order valence-electron chi connectivity index (χ1n) is 8.39. The first-order valence-corrected chi connectivity index (χ1v) is 8.39. The van der Waals surface area contributed by atoms with Crippen molar-refractivity contribution in [3.8, 4) is 0 Å². The van der Waals surface area contributed by atoms with E-state index in [0.29, 0.717) is 0 Å². The molecule has 1 aliphatic rings. The lowest BCUT2D eigenvalue weighted by Crippen LogP contribution is -2.32. The van der Waals surface area contributed by atoms with Gasteiger partial charge in [-0.1, -0.05) is 38.1 Å². The van der Waals surface area contributed by atoms with Crippen molar-refractivity contribution >= 4 is 22.6 Å².